The van der Waals surface area contributed by atoms with Gasteiger partial charge in [0.25, 0.3) is 0 Å². The standard InChI is InChI=1S/C47H46F5N5O2/c48-42-21-15-38(31-43(42)49)32-44(46(59)56-25-23-53(24-26-56)33-36-7-3-1-4-8-36)57(45(58)22-16-35-11-17-39(18-12-35)47(50,51)52)34-37-13-19-41(20-14-37)55-29-27-54(28-30-55)40-9-5-2-6-10-40/h1-22,31,44H,23-30,32-34H2/b22-16+/t44-/m0/s1. The molecule has 2 aliphatic rings. The Morgan fingerprint density at radius 2 is 1.20 bits per heavy atom. The van der Waals surface area contributed by atoms with E-state index in [-0.39, 0.29) is 18.9 Å². The molecule has 2 aliphatic heterocycles. The maximum absolute atomic E-state index is 14.7. The minimum atomic E-state index is -4.51. The van der Waals surface area contributed by atoms with Crippen molar-refractivity contribution in [2.75, 3.05) is 62.2 Å². The lowest BCUT2D eigenvalue weighted by Gasteiger charge is -2.39. The molecular formula is C47H46F5N5O2. The van der Waals surface area contributed by atoms with Crippen molar-refractivity contribution in [2.45, 2.75) is 31.7 Å². The van der Waals surface area contributed by atoms with Gasteiger partial charge in [0.15, 0.2) is 11.6 Å². The first-order valence-corrected chi connectivity index (χ1v) is 19.8. The van der Waals surface area contributed by atoms with Gasteiger partial charge in [0.2, 0.25) is 11.8 Å². The Balaban J connectivity index is 1.14. The lowest BCUT2D eigenvalue weighted by atomic mass is 10.0. The number of hydrogen-bond donors (Lipinski definition) is 0. The summed E-state index contributed by atoms with van der Waals surface area (Å²) in [6.45, 7) is 6.06. The van der Waals surface area contributed by atoms with Crippen LogP contribution in [0.3, 0.4) is 0 Å². The van der Waals surface area contributed by atoms with Crippen LogP contribution in [-0.2, 0) is 35.3 Å². The fraction of sp³-hybridized carbons (Fsp3) is 0.277. The quantitative estimate of drug-likeness (QED) is 0.0939. The van der Waals surface area contributed by atoms with Gasteiger partial charge >= 0.3 is 6.18 Å². The number of rotatable bonds is 12. The first kappa shape index (κ1) is 41.2. The summed E-state index contributed by atoms with van der Waals surface area (Å²) in [5.41, 5.74) is 3.97. The summed E-state index contributed by atoms with van der Waals surface area (Å²) in [6, 6.07) is 34.9. The number of anilines is 2. The molecule has 12 heteroatoms. The predicted molar refractivity (Wildman–Crippen MR) is 220 cm³/mol. The van der Waals surface area contributed by atoms with Crippen LogP contribution in [0.5, 0.6) is 0 Å². The lowest BCUT2D eigenvalue weighted by molar-refractivity contribution is -0.145. The van der Waals surface area contributed by atoms with Crippen molar-refractivity contribution < 1.29 is 31.5 Å². The second kappa shape index (κ2) is 18.7. The molecule has 59 heavy (non-hydrogen) atoms. The Hall–Kier alpha value is -6.01. The average molecular weight is 808 g/mol. The molecule has 0 spiro atoms. The molecule has 7 rings (SSSR count). The molecule has 2 fully saturated rings. The van der Waals surface area contributed by atoms with Gasteiger partial charge in [-0.05, 0) is 76.9 Å². The van der Waals surface area contributed by atoms with Gasteiger partial charge in [0.1, 0.15) is 6.04 Å². The zero-order chi connectivity index (χ0) is 41.4. The normalized spacial score (nSPS) is 15.7. The number of nitrogens with zero attached hydrogens (tertiary/aromatic N) is 5. The van der Waals surface area contributed by atoms with Gasteiger partial charge in [-0.3, -0.25) is 14.5 Å². The number of halogens is 5. The van der Waals surface area contributed by atoms with Crippen molar-refractivity contribution in [3.63, 3.8) is 0 Å². The van der Waals surface area contributed by atoms with Gasteiger partial charge in [-0.15, -0.1) is 0 Å². The van der Waals surface area contributed by atoms with E-state index in [2.05, 4.69) is 39.0 Å². The zero-order valence-electron chi connectivity index (χ0n) is 32.6. The Bertz CT molecular complexity index is 2190. The molecule has 2 saturated heterocycles. The molecule has 7 nitrogen and oxygen atoms in total. The Morgan fingerprint density at radius 3 is 1.80 bits per heavy atom. The van der Waals surface area contributed by atoms with Gasteiger partial charge in [-0.2, -0.15) is 13.2 Å². The maximum atomic E-state index is 14.7. The molecule has 5 aromatic rings. The molecule has 0 aliphatic carbocycles. The van der Waals surface area contributed by atoms with E-state index in [4.69, 9.17) is 0 Å². The fourth-order valence-electron chi connectivity index (χ4n) is 7.66. The van der Waals surface area contributed by atoms with E-state index in [1.165, 1.54) is 40.9 Å². The van der Waals surface area contributed by atoms with Crippen LogP contribution in [0.4, 0.5) is 33.3 Å². The van der Waals surface area contributed by atoms with Crippen LogP contribution in [-0.4, -0.2) is 84.9 Å². The first-order chi connectivity index (χ1) is 28.5. The third kappa shape index (κ3) is 10.7. The van der Waals surface area contributed by atoms with E-state index in [0.29, 0.717) is 37.3 Å². The van der Waals surface area contributed by atoms with Gasteiger partial charge < -0.3 is 19.6 Å². The number of hydrogen-bond acceptors (Lipinski definition) is 5. The lowest BCUT2D eigenvalue weighted by Crippen LogP contribution is -2.56. The van der Waals surface area contributed by atoms with Crippen molar-refractivity contribution in [1.29, 1.82) is 0 Å². The summed E-state index contributed by atoms with van der Waals surface area (Å²) in [7, 11) is 0. The number of alkyl halides is 3. The van der Waals surface area contributed by atoms with Gasteiger partial charge in [0, 0.05) is 89.3 Å². The van der Waals surface area contributed by atoms with Crippen molar-refractivity contribution in [1.82, 2.24) is 14.7 Å². The van der Waals surface area contributed by atoms with Crippen LogP contribution < -0.4 is 9.80 Å². The summed E-state index contributed by atoms with van der Waals surface area (Å²) in [4.78, 5) is 39.0. The fourth-order valence-corrected chi connectivity index (χ4v) is 7.66. The summed E-state index contributed by atoms with van der Waals surface area (Å²) in [5, 5.41) is 0. The van der Waals surface area contributed by atoms with E-state index in [0.717, 1.165) is 73.8 Å². The highest BCUT2D eigenvalue weighted by Gasteiger charge is 2.35. The largest absolute Gasteiger partial charge is 0.416 e. The Kier molecular flexibility index (Phi) is 13.1. The van der Waals surface area contributed by atoms with Crippen LogP contribution in [0.1, 0.15) is 27.8 Å². The Morgan fingerprint density at radius 1 is 0.627 bits per heavy atom. The highest BCUT2D eigenvalue weighted by Crippen LogP contribution is 2.29. The molecular weight excluding hydrogens is 762 g/mol. The van der Waals surface area contributed by atoms with Crippen molar-refractivity contribution in [3.8, 4) is 0 Å². The topological polar surface area (TPSA) is 50.3 Å². The molecule has 2 heterocycles. The van der Waals surface area contributed by atoms with E-state index in [1.54, 1.807) is 4.90 Å². The molecule has 0 aromatic heterocycles. The molecule has 0 saturated carbocycles. The molecule has 0 N–H and O–H groups in total. The smallest absolute Gasteiger partial charge is 0.368 e. The maximum Gasteiger partial charge on any atom is 0.416 e. The molecule has 1 atom stereocenters. The number of amides is 2. The predicted octanol–water partition coefficient (Wildman–Crippen LogP) is 8.31. The average Bonchev–Trinajstić information content (AvgIpc) is 3.26. The van der Waals surface area contributed by atoms with Crippen molar-refractivity contribution in [3.05, 3.63) is 173 Å². The molecule has 0 bridgehead atoms. The van der Waals surface area contributed by atoms with Gasteiger partial charge in [0.05, 0.1) is 5.56 Å². The number of carbonyl (C=O) groups excluding carboxylic acids is 2. The molecule has 0 radical (unpaired) electrons. The van der Waals surface area contributed by atoms with Crippen LogP contribution in [0, 0.1) is 11.6 Å². The summed E-state index contributed by atoms with van der Waals surface area (Å²) < 4.78 is 68.4. The van der Waals surface area contributed by atoms with E-state index < -0.39 is 35.3 Å². The highest BCUT2D eigenvalue weighted by atomic mass is 19.4. The minimum absolute atomic E-state index is 0.00626. The number of benzene rings is 5. The molecule has 306 valence electrons. The zero-order valence-corrected chi connectivity index (χ0v) is 32.6. The van der Waals surface area contributed by atoms with Gasteiger partial charge in [-0.1, -0.05) is 78.9 Å². The van der Waals surface area contributed by atoms with Crippen molar-refractivity contribution in [2.24, 2.45) is 0 Å². The van der Waals surface area contributed by atoms with E-state index in [1.807, 2.05) is 60.7 Å². The van der Waals surface area contributed by atoms with Crippen molar-refractivity contribution >= 4 is 29.3 Å². The second-order valence-corrected chi connectivity index (χ2v) is 15.0. The number of para-hydroxylation sites is 1. The summed E-state index contributed by atoms with van der Waals surface area (Å²) in [5.74, 6) is -2.99. The van der Waals surface area contributed by atoms with Crippen LogP contribution >= 0.6 is 0 Å². The van der Waals surface area contributed by atoms with E-state index in [9.17, 15) is 31.5 Å². The molecule has 2 amide bonds. The van der Waals surface area contributed by atoms with Crippen LogP contribution in [0.15, 0.2) is 133 Å². The van der Waals surface area contributed by atoms with Crippen LogP contribution in [0.2, 0.25) is 0 Å². The monoisotopic (exact) mass is 807 g/mol. The highest BCUT2D eigenvalue weighted by molar-refractivity contribution is 5.96. The van der Waals surface area contributed by atoms with Crippen LogP contribution in [0.25, 0.3) is 6.08 Å². The molecule has 5 aromatic carbocycles. The minimum Gasteiger partial charge on any atom is -0.368 e. The molecule has 0 unspecified atom stereocenters. The number of carbonyl (C=O) groups is 2. The third-order valence-electron chi connectivity index (χ3n) is 11.0. The SMILES string of the molecule is O=C([C@H](Cc1ccc(F)c(F)c1)N(Cc1ccc(N2CCN(c3ccccc3)CC2)cc1)C(=O)/C=C/c1ccc(C(F)(F)F)cc1)N1CCN(Cc2ccccc2)CC1. The second-order valence-electron chi connectivity index (χ2n) is 15.0. The Labute approximate surface area is 341 Å². The number of piperazine rings is 2. The van der Waals surface area contributed by atoms with Gasteiger partial charge in [-0.25, -0.2) is 8.78 Å². The summed E-state index contributed by atoms with van der Waals surface area (Å²) >= 11 is 0. The third-order valence-corrected chi connectivity index (χ3v) is 11.0. The van der Waals surface area contributed by atoms with E-state index >= 15 is 0 Å². The summed E-state index contributed by atoms with van der Waals surface area (Å²) in [6.07, 6.45) is -1.95. The first-order valence-electron chi connectivity index (χ1n) is 19.8.